The fourth-order valence-corrected chi connectivity index (χ4v) is 3.08. The molecule has 1 atom stereocenters. The maximum absolute atomic E-state index is 4.37. The topological polar surface area (TPSA) is 29.9 Å². The zero-order valence-corrected chi connectivity index (χ0v) is 12.8. The second-order valence-corrected chi connectivity index (χ2v) is 6.72. The molecule has 0 amide bonds. The molecule has 1 aliphatic rings. The second-order valence-electron chi connectivity index (χ2n) is 6.72. The summed E-state index contributed by atoms with van der Waals surface area (Å²) in [5, 5.41) is 3.58. The normalized spacial score (nSPS) is 20.1. The number of rotatable bonds is 7. The highest BCUT2D eigenvalue weighted by Gasteiger charge is 2.23. The molecule has 108 valence electrons. The van der Waals surface area contributed by atoms with Gasteiger partial charge in [-0.2, -0.15) is 0 Å². The van der Waals surface area contributed by atoms with Gasteiger partial charge in [-0.25, -0.2) is 4.98 Å². The van der Waals surface area contributed by atoms with Crippen LogP contribution >= 0.6 is 0 Å². The molecular formula is C16H29N3. The number of imidazole rings is 1. The Kier molecular flexibility index (Phi) is 5.03. The van der Waals surface area contributed by atoms with Gasteiger partial charge < -0.3 is 9.88 Å². The van der Waals surface area contributed by atoms with E-state index in [1.54, 1.807) is 0 Å². The molecule has 2 rings (SSSR count). The van der Waals surface area contributed by atoms with E-state index < -0.39 is 0 Å². The van der Waals surface area contributed by atoms with Gasteiger partial charge in [0.05, 0.1) is 12.0 Å². The van der Waals surface area contributed by atoms with Gasteiger partial charge in [-0.1, -0.05) is 40.0 Å². The molecule has 2 heterocycles. The first-order valence-corrected chi connectivity index (χ1v) is 7.86. The van der Waals surface area contributed by atoms with Crippen molar-refractivity contribution >= 4 is 0 Å². The molecule has 0 aromatic carbocycles. The Labute approximate surface area is 117 Å². The van der Waals surface area contributed by atoms with Crippen LogP contribution in [0.4, 0.5) is 0 Å². The third kappa shape index (κ3) is 4.07. The monoisotopic (exact) mass is 263 g/mol. The quantitative estimate of drug-likeness (QED) is 0.756. The molecule has 1 aliphatic heterocycles. The fourth-order valence-electron chi connectivity index (χ4n) is 3.08. The number of hydrogen-bond acceptors (Lipinski definition) is 2. The summed E-state index contributed by atoms with van der Waals surface area (Å²) in [4.78, 5) is 4.37. The Morgan fingerprint density at radius 1 is 1.42 bits per heavy atom. The van der Waals surface area contributed by atoms with E-state index in [-0.39, 0.29) is 0 Å². The summed E-state index contributed by atoms with van der Waals surface area (Å²) < 4.78 is 2.37. The summed E-state index contributed by atoms with van der Waals surface area (Å²) in [6.45, 7) is 9.27. The van der Waals surface area contributed by atoms with Crippen molar-refractivity contribution in [1.82, 2.24) is 14.9 Å². The highest BCUT2D eigenvalue weighted by Crippen LogP contribution is 2.29. The van der Waals surface area contributed by atoms with Gasteiger partial charge in [0, 0.05) is 18.8 Å². The van der Waals surface area contributed by atoms with Crippen LogP contribution in [0.2, 0.25) is 0 Å². The summed E-state index contributed by atoms with van der Waals surface area (Å²) in [7, 11) is 0. The molecular weight excluding hydrogens is 234 g/mol. The van der Waals surface area contributed by atoms with Crippen molar-refractivity contribution in [3.8, 4) is 0 Å². The Morgan fingerprint density at radius 3 is 2.95 bits per heavy atom. The molecule has 3 nitrogen and oxygen atoms in total. The Morgan fingerprint density at radius 2 is 2.26 bits per heavy atom. The van der Waals surface area contributed by atoms with Crippen LogP contribution in [0.3, 0.4) is 0 Å². The molecule has 0 unspecified atom stereocenters. The lowest BCUT2D eigenvalue weighted by molar-refractivity contribution is 0.266. The maximum atomic E-state index is 4.37. The number of nitrogens with zero attached hydrogens (tertiary/aromatic N) is 2. The molecule has 0 saturated carbocycles. The fraction of sp³-hybridized carbons (Fsp3) is 0.812. The van der Waals surface area contributed by atoms with Gasteiger partial charge in [0.2, 0.25) is 0 Å². The molecule has 0 aliphatic carbocycles. The summed E-state index contributed by atoms with van der Waals surface area (Å²) in [5.41, 5.74) is 1.74. The van der Waals surface area contributed by atoms with Crippen LogP contribution in [0.1, 0.15) is 71.0 Å². The van der Waals surface area contributed by atoms with Crippen LogP contribution in [0, 0.1) is 5.41 Å². The Balaban J connectivity index is 1.96. The Hall–Kier alpha value is -0.830. The first kappa shape index (κ1) is 14.6. The predicted molar refractivity (Wildman–Crippen MR) is 80.1 cm³/mol. The molecule has 0 bridgehead atoms. The molecule has 1 N–H and O–H groups in total. The zero-order chi connectivity index (χ0) is 13.7. The highest BCUT2D eigenvalue weighted by molar-refractivity contribution is 5.07. The van der Waals surface area contributed by atoms with Gasteiger partial charge in [0.1, 0.15) is 0 Å². The van der Waals surface area contributed by atoms with Gasteiger partial charge in [-0.15, -0.1) is 0 Å². The number of nitrogens with one attached hydrogen (secondary N) is 1. The van der Waals surface area contributed by atoms with Crippen LogP contribution in [0.25, 0.3) is 0 Å². The minimum atomic E-state index is 0.364. The third-order valence-electron chi connectivity index (χ3n) is 4.22. The van der Waals surface area contributed by atoms with Crippen molar-refractivity contribution in [1.29, 1.82) is 0 Å². The summed E-state index contributed by atoms with van der Waals surface area (Å²) in [6.07, 6.45) is 11.9. The highest BCUT2D eigenvalue weighted by atomic mass is 15.1. The predicted octanol–water partition coefficient (Wildman–Crippen LogP) is 3.91. The SMILES string of the molecule is CCCCCC(C)(C)Cn1cncc1[C@@H]1CCCN1. The van der Waals surface area contributed by atoms with Crippen molar-refractivity contribution in [2.75, 3.05) is 6.54 Å². The van der Waals surface area contributed by atoms with Crippen molar-refractivity contribution < 1.29 is 0 Å². The number of aromatic nitrogens is 2. The molecule has 3 heteroatoms. The van der Waals surface area contributed by atoms with Crippen molar-refractivity contribution in [2.45, 2.75) is 71.9 Å². The summed E-state index contributed by atoms with van der Waals surface area (Å²) >= 11 is 0. The lowest BCUT2D eigenvalue weighted by Gasteiger charge is -2.27. The van der Waals surface area contributed by atoms with Gasteiger partial charge in [-0.05, 0) is 31.2 Å². The largest absolute Gasteiger partial charge is 0.333 e. The molecule has 0 radical (unpaired) electrons. The molecule has 1 fully saturated rings. The first-order valence-electron chi connectivity index (χ1n) is 7.86. The smallest absolute Gasteiger partial charge is 0.0948 e. The number of unbranched alkanes of at least 4 members (excludes halogenated alkanes) is 2. The average molecular weight is 263 g/mol. The molecule has 1 saturated heterocycles. The number of hydrogen-bond donors (Lipinski definition) is 1. The lowest BCUT2D eigenvalue weighted by Crippen LogP contribution is -2.23. The first-order chi connectivity index (χ1) is 9.12. The second kappa shape index (κ2) is 6.56. The summed E-state index contributed by atoms with van der Waals surface area (Å²) in [6, 6.07) is 0.522. The average Bonchev–Trinajstić information content (AvgIpc) is 2.98. The van der Waals surface area contributed by atoms with Crippen LogP contribution in [0.5, 0.6) is 0 Å². The van der Waals surface area contributed by atoms with E-state index in [1.165, 1.54) is 44.2 Å². The molecule has 1 aromatic rings. The van der Waals surface area contributed by atoms with Crippen molar-refractivity contribution in [2.24, 2.45) is 5.41 Å². The van der Waals surface area contributed by atoms with Crippen LogP contribution < -0.4 is 5.32 Å². The van der Waals surface area contributed by atoms with Crippen LogP contribution in [-0.4, -0.2) is 16.1 Å². The van der Waals surface area contributed by atoms with Gasteiger partial charge in [0.25, 0.3) is 0 Å². The van der Waals surface area contributed by atoms with Crippen LogP contribution in [-0.2, 0) is 6.54 Å². The van der Waals surface area contributed by atoms with Crippen LogP contribution in [0.15, 0.2) is 12.5 Å². The van der Waals surface area contributed by atoms with E-state index >= 15 is 0 Å². The minimum absolute atomic E-state index is 0.364. The van der Waals surface area contributed by atoms with Crippen molar-refractivity contribution in [3.63, 3.8) is 0 Å². The van der Waals surface area contributed by atoms with E-state index in [2.05, 4.69) is 35.6 Å². The van der Waals surface area contributed by atoms with E-state index in [9.17, 15) is 0 Å². The minimum Gasteiger partial charge on any atom is -0.333 e. The Bertz CT molecular complexity index is 375. The van der Waals surface area contributed by atoms with E-state index in [1.807, 2.05) is 12.5 Å². The maximum Gasteiger partial charge on any atom is 0.0948 e. The van der Waals surface area contributed by atoms with E-state index in [0.29, 0.717) is 11.5 Å². The molecule has 19 heavy (non-hydrogen) atoms. The van der Waals surface area contributed by atoms with Crippen molar-refractivity contribution in [3.05, 3.63) is 18.2 Å². The molecule has 1 aromatic heterocycles. The van der Waals surface area contributed by atoms with E-state index in [0.717, 1.165) is 13.1 Å². The lowest BCUT2D eigenvalue weighted by atomic mass is 9.86. The standard InChI is InChI=1S/C16H29N3/c1-4-5-6-9-16(2,3)12-19-13-17-11-15(19)14-8-7-10-18-14/h11,13-14,18H,4-10,12H2,1-3H3/t14-/m0/s1. The van der Waals surface area contributed by atoms with E-state index in [4.69, 9.17) is 0 Å². The van der Waals surface area contributed by atoms with Gasteiger partial charge >= 0.3 is 0 Å². The zero-order valence-electron chi connectivity index (χ0n) is 12.8. The summed E-state index contributed by atoms with van der Waals surface area (Å²) in [5.74, 6) is 0. The molecule has 0 spiro atoms. The third-order valence-corrected chi connectivity index (χ3v) is 4.22. The van der Waals surface area contributed by atoms with Gasteiger partial charge in [-0.3, -0.25) is 0 Å². The van der Waals surface area contributed by atoms with Gasteiger partial charge in [0.15, 0.2) is 0 Å².